The molecule has 6 nitrogen and oxygen atoms in total. The van der Waals surface area contributed by atoms with Crippen molar-refractivity contribution in [1.82, 2.24) is 20.0 Å². The van der Waals surface area contributed by atoms with Crippen LogP contribution >= 0.6 is 11.6 Å². The normalized spacial score (nSPS) is 19.5. The van der Waals surface area contributed by atoms with Gasteiger partial charge in [-0.1, -0.05) is 63.8 Å². The van der Waals surface area contributed by atoms with Gasteiger partial charge in [-0.2, -0.15) is 0 Å². The van der Waals surface area contributed by atoms with Crippen LogP contribution in [0.25, 0.3) is 0 Å². The summed E-state index contributed by atoms with van der Waals surface area (Å²) in [6, 6.07) is 7.80. The Kier molecular flexibility index (Phi) is 10.4. The number of likely N-dealkylation sites (N-methyl/N-ethyl adjacent to an activating group) is 1. The van der Waals surface area contributed by atoms with E-state index in [9.17, 15) is 9.59 Å². The van der Waals surface area contributed by atoms with Crippen molar-refractivity contribution < 1.29 is 9.59 Å². The SMILES string of the molecule is CNCC(=O)N(CC(C)C)CC1(N2CCN(C(=O)C(C)Cc3ccc(Cl)cc3)CC2)CCCCC1. The molecule has 1 aliphatic heterocycles. The zero-order chi connectivity index (χ0) is 25.4. The maximum atomic E-state index is 13.2. The standard InChI is InChI=1S/C28H45ClN4O2/c1-22(2)20-32(26(34)19-30-4)21-28(12-6-5-7-13-28)33-16-14-31(15-17-33)27(35)23(3)18-24-8-10-25(29)11-9-24/h8-11,22-23,30H,5-7,12-21H2,1-4H3. The van der Waals surface area contributed by atoms with Crippen LogP contribution in [-0.2, 0) is 16.0 Å². The number of hydrogen-bond donors (Lipinski definition) is 1. The van der Waals surface area contributed by atoms with Gasteiger partial charge in [-0.3, -0.25) is 14.5 Å². The maximum absolute atomic E-state index is 13.2. The topological polar surface area (TPSA) is 55.9 Å². The number of nitrogens with one attached hydrogen (secondary N) is 1. The fraction of sp³-hybridized carbons (Fsp3) is 0.714. The number of amides is 2. The van der Waals surface area contributed by atoms with E-state index < -0.39 is 0 Å². The molecule has 1 atom stereocenters. The van der Waals surface area contributed by atoms with Crippen molar-refractivity contribution in [1.29, 1.82) is 0 Å². The highest BCUT2D eigenvalue weighted by atomic mass is 35.5. The van der Waals surface area contributed by atoms with Gasteiger partial charge in [0.25, 0.3) is 0 Å². The molecule has 0 aromatic heterocycles. The number of piperazine rings is 1. The monoisotopic (exact) mass is 504 g/mol. The Hall–Kier alpha value is -1.63. The molecule has 1 saturated heterocycles. The van der Waals surface area contributed by atoms with Crippen molar-refractivity contribution in [2.24, 2.45) is 11.8 Å². The number of nitrogens with zero attached hydrogens (tertiary/aromatic N) is 3. The first-order chi connectivity index (χ1) is 16.7. The van der Waals surface area contributed by atoms with Crippen LogP contribution < -0.4 is 5.32 Å². The largest absolute Gasteiger partial charge is 0.340 e. The van der Waals surface area contributed by atoms with Gasteiger partial charge >= 0.3 is 0 Å². The van der Waals surface area contributed by atoms with Crippen molar-refractivity contribution in [3.8, 4) is 0 Å². The van der Waals surface area contributed by atoms with E-state index in [2.05, 4.69) is 29.0 Å². The minimum Gasteiger partial charge on any atom is -0.340 e. The van der Waals surface area contributed by atoms with Gasteiger partial charge in [0.2, 0.25) is 11.8 Å². The smallest absolute Gasteiger partial charge is 0.236 e. The molecule has 1 saturated carbocycles. The zero-order valence-corrected chi connectivity index (χ0v) is 22.9. The summed E-state index contributed by atoms with van der Waals surface area (Å²) in [5, 5.41) is 3.77. The summed E-state index contributed by atoms with van der Waals surface area (Å²) >= 11 is 6.01. The van der Waals surface area contributed by atoms with E-state index in [1.54, 1.807) is 0 Å². The number of carbonyl (C=O) groups excluding carboxylic acids is 2. The number of carbonyl (C=O) groups is 2. The lowest BCUT2D eigenvalue weighted by atomic mass is 9.79. The number of hydrogen-bond acceptors (Lipinski definition) is 4. The molecule has 1 unspecified atom stereocenters. The van der Waals surface area contributed by atoms with E-state index in [1.807, 2.05) is 43.1 Å². The minimum absolute atomic E-state index is 0.0284. The van der Waals surface area contributed by atoms with Crippen LogP contribution in [0.15, 0.2) is 24.3 Å². The molecule has 7 heteroatoms. The highest BCUT2D eigenvalue weighted by Crippen LogP contribution is 2.36. The minimum atomic E-state index is -0.0490. The Morgan fingerprint density at radius 3 is 2.23 bits per heavy atom. The Morgan fingerprint density at radius 1 is 1.03 bits per heavy atom. The molecule has 0 bridgehead atoms. The molecule has 196 valence electrons. The Labute approximate surface area is 217 Å². The molecule has 1 heterocycles. The third-order valence-corrected chi connectivity index (χ3v) is 7.93. The van der Waals surface area contributed by atoms with E-state index in [4.69, 9.17) is 11.6 Å². The molecule has 2 aliphatic rings. The Balaban J connectivity index is 1.64. The van der Waals surface area contributed by atoms with Gasteiger partial charge < -0.3 is 15.1 Å². The summed E-state index contributed by atoms with van der Waals surface area (Å²) in [5.41, 5.74) is 1.17. The van der Waals surface area contributed by atoms with Crippen molar-refractivity contribution in [3.63, 3.8) is 0 Å². The second kappa shape index (κ2) is 13.1. The second-order valence-corrected chi connectivity index (χ2v) is 11.5. The molecule has 0 spiro atoms. The van der Waals surface area contributed by atoms with Gasteiger partial charge in [-0.25, -0.2) is 0 Å². The molecule has 1 aliphatic carbocycles. The van der Waals surface area contributed by atoms with Gasteiger partial charge in [0.05, 0.1) is 6.54 Å². The Bertz CT molecular complexity index is 815. The average molecular weight is 505 g/mol. The summed E-state index contributed by atoms with van der Waals surface area (Å²) < 4.78 is 0. The first kappa shape index (κ1) is 27.9. The van der Waals surface area contributed by atoms with Crippen LogP contribution in [0.3, 0.4) is 0 Å². The number of benzene rings is 1. The van der Waals surface area contributed by atoms with Crippen LogP contribution in [0.4, 0.5) is 0 Å². The van der Waals surface area contributed by atoms with Crippen molar-refractivity contribution in [3.05, 3.63) is 34.9 Å². The van der Waals surface area contributed by atoms with Crippen LogP contribution in [-0.4, -0.2) is 84.9 Å². The molecule has 2 amide bonds. The lowest BCUT2D eigenvalue weighted by Gasteiger charge is -2.52. The summed E-state index contributed by atoms with van der Waals surface area (Å²) in [7, 11) is 1.84. The molecule has 1 aromatic carbocycles. The summed E-state index contributed by atoms with van der Waals surface area (Å²) in [4.78, 5) is 32.9. The molecule has 1 aromatic rings. The van der Waals surface area contributed by atoms with Gasteiger partial charge in [-0.15, -0.1) is 0 Å². The highest BCUT2D eigenvalue weighted by Gasteiger charge is 2.42. The fourth-order valence-corrected chi connectivity index (χ4v) is 6.00. The first-order valence-electron chi connectivity index (χ1n) is 13.4. The van der Waals surface area contributed by atoms with Gasteiger partial charge in [-0.05, 0) is 49.9 Å². The third kappa shape index (κ3) is 7.68. The third-order valence-electron chi connectivity index (χ3n) is 7.67. The zero-order valence-electron chi connectivity index (χ0n) is 22.2. The van der Waals surface area contributed by atoms with E-state index in [-0.39, 0.29) is 23.3 Å². The molecule has 3 rings (SSSR count). The lowest BCUT2D eigenvalue weighted by Crippen LogP contribution is -2.63. The number of halogens is 1. The van der Waals surface area contributed by atoms with Crippen LogP contribution in [0.1, 0.15) is 58.4 Å². The lowest BCUT2D eigenvalue weighted by molar-refractivity contribution is -0.139. The molecule has 1 N–H and O–H groups in total. The summed E-state index contributed by atoms with van der Waals surface area (Å²) in [6.07, 6.45) is 6.71. The second-order valence-electron chi connectivity index (χ2n) is 11.0. The Morgan fingerprint density at radius 2 is 1.66 bits per heavy atom. The predicted octanol–water partition coefficient (Wildman–Crippen LogP) is 4.07. The summed E-state index contributed by atoms with van der Waals surface area (Å²) in [5.74, 6) is 0.819. The van der Waals surface area contributed by atoms with Crippen LogP contribution in [0, 0.1) is 11.8 Å². The maximum Gasteiger partial charge on any atom is 0.236 e. The van der Waals surface area contributed by atoms with E-state index in [1.165, 1.54) is 19.3 Å². The average Bonchev–Trinajstić information content (AvgIpc) is 2.85. The van der Waals surface area contributed by atoms with Gasteiger partial charge in [0, 0.05) is 55.7 Å². The first-order valence-corrected chi connectivity index (χ1v) is 13.8. The predicted molar refractivity (Wildman–Crippen MR) is 144 cm³/mol. The number of rotatable bonds is 10. The molecule has 0 radical (unpaired) electrons. The van der Waals surface area contributed by atoms with Crippen molar-refractivity contribution in [2.45, 2.75) is 64.8 Å². The van der Waals surface area contributed by atoms with Gasteiger partial charge in [0.1, 0.15) is 0 Å². The van der Waals surface area contributed by atoms with Crippen LogP contribution in [0.5, 0.6) is 0 Å². The summed E-state index contributed by atoms with van der Waals surface area (Å²) in [6.45, 7) is 11.7. The quantitative estimate of drug-likeness (QED) is 0.522. The van der Waals surface area contributed by atoms with Gasteiger partial charge in [0.15, 0.2) is 0 Å². The molecular weight excluding hydrogens is 460 g/mol. The van der Waals surface area contributed by atoms with E-state index in [0.29, 0.717) is 12.5 Å². The van der Waals surface area contributed by atoms with Crippen LogP contribution in [0.2, 0.25) is 5.02 Å². The fourth-order valence-electron chi connectivity index (χ4n) is 5.87. The molecule has 35 heavy (non-hydrogen) atoms. The highest BCUT2D eigenvalue weighted by molar-refractivity contribution is 6.30. The molecule has 2 fully saturated rings. The van der Waals surface area contributed by atoms with Crippen molar-refractivity contribution >= 4 is 23.4 Å². The van der Waals surface area contributed by atoms with E-state index in [0.717, 1.165) is 69.1 Å². The van der Waals surface area contributed by atoms with Crippen molar-refractivity contribution in [2.75, 3.05) is 52.9 Å². The van der Waals surface area contributed by atoms with E-state index >= 15 is 0 Å². The molecular formula is C28H45ClN4O2.